The molecule has 0 aromatic rings. The molecule has 2 nitrogen and oxygen atoms in total. The van der Waals surface area contributed by atoms with Crippen molar-refractivity contribution in [2.45, 2.75) is 247 Å². The van der Waals surface area contributed by atoms with Crippen LogP contribution in [0, 0.1) is 46.3 Å². The summed E-state index contributed by atoms with van der Waals surface area (Å²) < 4.78 is 6.16. The summed E-state index contributed by atoms with van der Waals surface area (Å²) >= 11 is 0. The summed E-state index contributed by atoms with van der Waals surface area (Å²) in [6.45, 7) is 15.0. The first-order valence-corrected chi connectivity index (χ1v) is 24.9. The predicted molar refractivity (Wildman–Crippen MR) is 239 cm³/mol. The fourth-order valence-electron chi connectivity index (χ4n) is 12.5. The molecule has 0 aromatic heterocycles. The van der Waals surface area contributed by atoms with Crippen LogP contribution in [0.2, 0.25) is 0 Å². The molecule has 0 saturated heterocycles. The Morgan fingerprint density at radius 2 is 1.33 bits per heavy atom. The number of allylic oxidation sites excluding steroid dienone is 5. The van der Waals surface area contributed by atoms with Crippen LogP contribution in [0.25, 0.3) is 0 Å². The number of carbonyl (C=O) groups is 1. The molecule has 8 unspecified atom stereocenters. The molecule has 0 radical (unpaired) electrons. The molecule has 3 fully saturated rings. The molecule has 4 rings (SSSR count). The summed E-state index contributed by atoms with van der Waals surface area (Å²) in [6, 6.07) is 0. The maximum absolute atomic E-state index is 12.9. The first kappa shape index (κ1) is 46.4. The van der Waals surface area contributed by atoms with Gasteiger partial charge in [0.15, 0.2) is 0 Å². The number of fused-ring (bicyclic) bond motifs is 5. The van der Waals surface area contributed by atoms with Crippen LogP contribution in [0.5, 0.6) is 0 Å². The van der Waals surface area contributed by atoms with Crippen LogP contribution in [-0.2, 0) is 9.53 Å². The van der Waals surface area contributed by atoms with Gasteiger partial charge in [0.1, 0.15) is 6.10 Å². The molecule has 316 valence electrons. The van der Waals surface area contributed by atoms with Crippen LogP contribution in [0.15, 0.2) is 36.0 Å². The van der Waals surface area contributed by atoms with Gasteiger partial charge in [-0.2, -0.15) is 0 Å². The van der Waals surface area contributed by atoms with E-state index in [1.807, 2.05) is 0 Å². The summed E-state index contributed by atoms with van der Waals surface area (Å²) in [7, 11) is 0. The van der Waals surface area contributed by atoms with E-state index in [1.165, 1.54) is 167 Å². The SMILES string of the molecule is CCCCCCC/C=C\C/C=C\CCCCCCCCCCCCCC(=O)OC1CCC2(C)C(=CCC3C2CCC2(C)C(C(C)CCCC(C)C)CCC32)C1. The fraction of sp³-hybridized carbons (Fsp3) is 0.868. The van der Waals surface area contributed by atoms with Crippen LogP contribution >= 0.6 is 0 Å². The third-order valence-corrected chi connectivity index (χ3v) is 15.9. The normalized spacial score (nSPS) is 29.7. The van der Waals surface area contributed by atoms with E-state index >= 15 is 0 Å². The zero-order valence-corrected chi connectivity index (χ0v) is 37.7. The Labute approximate surface area is 343 Å². The Hall–Kier alpha value is -1.31. The van der Waals surface area contributed by atoms with Gasteiger partial charge in [0.05, 0.1) is 0 Å². The quantitative estimate of drug-likeness (QED) is 0.0451. The highest BCUT2D eigenvalue weighted by Gasteiger charge is 2.59. The van der Waals surface area contributed by atoms with E-state index in [-0.39, 0.29) is 12.1 Å². The van der Waals surface area contributed by atoms with Crippen LogP contribution in [0.4, 0.5) is 0 Å². The Morgan fingerprint density at radius 3 is 1.96 bits per heavy atom. The third kappa shape index (κ3) is 14.8. The van der Waals surface area contributed by atoms with Crippen molar-refractivity contribution in [3.63, 3.8) is 0 Å². The third-order valence-electron chi connectivity index (χ3n) is 15.9. The largest absolute Gasteiger partial charge is 0.462 e. The van der Waals surface area contributed by atoms with Crippen LogP contribution in [0.1, 0.15) is 241 Å². The number of rotatable bonds is 28. The first-order chi connectivity index (χ1) is 26.7. The van der Waals surface area contributed by atoms with E-state index in [9.17, 15) is 4.79 Å². The molecule has 0 bridgehead atoms. The highest BCUT2D eigenvalue weighted by atomic mass is 16.5. The number of unbranched alkanes of at least 4 members (excludes halogenated alkanes) is 16. The zero-order valence-electron chi connectivity index (χ0n) is 37.7. The predicted octanol–water partition coefficient (Wildman–Crippen LogP) is 16.9. The van der Waals surface area contributed by atoms with Crippen LogP contribution < -0.4 is 0 Å². The van der Waals surface area contributed by atoms with Crippen molar-refractivity contribution < 1.29 is 9.53 Å². The standard InChI is InChI=1S/C53H92O2/c1-7-8-9-10-11-12-13-14-15-16-17-18-19-20-21-22-23-24-25-26-27-28-29-33-51(54)55-46-38-40-52(5)45(42-46)34-35-47-49-37-36-48(44(4)32-30-31-43(2)3)53(49,6)41-39-50(47)52/h13-14,16-17,34,43-44,46-50H,7-12,15,18-33,35-42H2,1-6H3/b14-13-,17-16-. The van der Waals surface area contributed by atoms with Gasteiger partial charge in [-0.1, -0.05) is 180 Å². The van der Waals surface area contributed by atoms with Crippen molar-refractivity contribution in [1.29, 1.82) is 0 Å². The Bertz CT molecular complexity index is 1150. The van der Waals surface area contributed by atoms with Gasteiger partial charge in [0.2, 0.25) is 0 Å². The molecule has 55 heavy (non-hydrogen) atoms. The monoisotopic (exact) mass is 761 g/mol. The lowest BCUT2D eigenvalue weighted by atomic mass is 9.47. The molecule has 8 atom stereocenters. The molecule has 0 amide bonds. The second kappa shape index (κ2) is 25.2. The topological polar surface area (TPSA) is 26.3 Å². The Kier molecular flexibility index (Phi) is 21.3. The van der Waals surface area contributed by atoms with Gasteiger partial charge in [-0.15, -0.1) is 0 Å². The number of ether oxygens (including phenoxy) is 1. The highest BCUT2D eigenvalue weighted by Crippen LogP contribution is 2.67. The average Bonchev–Trinajstić information content (AvgIpc) is 3.52. The molecular weight excluding hydrogens is 669 g/mol. The molecule has 3 saturated carbocycles. The molecule has 0 spiro atoms. The van der Waals surface area contributed by atoms with Crippen LogP contribution in [-0.4, -0.2) is 12.1 Å². The van der Waals surface area contributed by atoms with E-state index in [4.69, 9.17) is 4.74 Å². The maximum Gasteiger partial charge on any atom is 0.306 e. The summed E-state index contributed by atoms with van der Waals surface area (Å²) in [5, 5.41) is 0. The van der Waals surface area contributed by atoms with E-state index in [1.54, 1.807) is 5.57 Å². The van der Waals surface area contributed by atoms with Crippen molar-refractivity contribution in [2.24, 2.45) is 46.3 Å². The lowest BCUT2D eigenvalue weighted by molar-refractivity contribution is -0.151. The lowest BCUT2D eigenvalue weighted by Crippen LogP contribution is -2.51. The fourth-order valence-corrected chi connectivity index (χ4v) is 12.5. The molecule has 0 heterocycles. The van der Waals surface area contributed by atoms with Gasteiger partial charge in [0.25, 0.3) is 0 Å². The smallest absolute Gasteiger partial charge is 0.306 e. The van der Waals surface area contributed by atoms with Gasteiger partial charge < -0.3 is 4.74 Å². The number of carbonyl (C=O) groups excluding carboxylic acids is 1. The minimum Gasteiger partial charge on any atom is -0.462 e. The molecular formula is C53H92O2. The minimum atomic E-state index is 0.0617. The first-order valence-electron chi connectivity index (χ1n) is 24.9. The van der Waals surface area contributed by atoms with Crippen molar-refractivity contribution in [3.8, 4) is 0 Å². The average molecular weight is 761 g/mol. The maximum atomic E-state index is 12.9. The van der Waals surface area contributed by atoms with E-state index in [0.717, 1.165) is 61.2 Å². The summed E-state index contributed by atoms with van der Waals surface area (Å²) in [6.07, 6.45) is 52.3. The van der Waals surface area contributed by atoms with E-state index in [2.05, 4.69) is 71.9 Å². The van der Waals surface area contributed by atoms with Gasteiger partial charge >= 0.3 is 5.97 Å². The molecule has 0 aliphatic heterocycles. The van der Waals surface area contributed by atoms with Crippen molar-refractivity contribution in [2.75, 3.05) is 0 Å². The molecule has 0 N–H and O–H groups in total. The summed E-state index contributed by atoms with van der Waals surface area (Å²) in [5.74, 6) is 5.32. The van der Waals surface area contributed by atoms with Gasteiger partial charge in [-0.25, -0.2) is 0 Å². The van der Waals surface area contributed by atoms with Crippen molar-refractivity contribution in [1.82, 2.24) is 0 Å². The van der Waals surface area contributed by atoms with E-state index in [0.29, 0.717) is 17.3 Å². The Balaban J connectivity index is 0.996. The summed E-state index contributed by atoms with van der Waals surface area (Å²) in [5.41, 5.74) is 2.53. The molecule has 4 aliphatic rings. The van der Waals surface area contributed by atoms with Crippen molar-refractivity contribution in [3.05, 3.63) is 36.0 Å². The van der Waals surface area contributed by atoms with Gasteiger partial charge in [-0.05, 0) is 130 Å². The van der Waals surface area contributed by atoms with E-state index < -0.39 is 0 Å². The van der Waals surface area contributed by atoms with Gasteiger partial charge in [0, 0.05) is 12.8 Å². The molecule has 0 aromatic carbocycles. The van der Waals surface area contributed by atoms with Crippen LogP contribution in [0.3, 0.4) is 0 Å². The number of esters is 1. The molecule has 2 heteroatoms. The highest BCUT2D eigenvalue weighted by molar-refractivity contribution is 5.69. The number of hydrogen-bond donors (Lipinski definition) is 0. The second-order valence-corrected chi connectivity index (χ2v) is 20.5. The zero-order chi connectivity index (χ0) is 39.4. The summed E-state index contributed by atoms with van der Waals surface area (Å²) in [4.78, 5) is 12.9. The van der Waals surface area contributed by atoms with Crippen molar-refractivity contribution >= 4 is 5.97 Å². The minimum absolute atomic E-state index is 0.0617. The second-order valence-electron chi connectivity index (χ2n) is 20.5. The molecule has 4 aliphatic carbocycles. The lowest BCUT2D eigenvalue weighted by Gasteiger charge is -2.58. The Morgan fingerprint density at radius 1 is 0.709 bits per heavy atom. The van der Waals surface area contributed by atoms with Gasteiger partial charge in [-0.3, -0.25) is 4.79 Å². The number of hydrogen-bond acceptors (Lipinski definition) is 2.